The molecule has 0 fully saturated rings. The smallest absolute Gasteiger partial charge is 0.341 e. The van der Waals surface area contributed by atoms with Crippen molar-refractivity contribution in [3.63, 3.8) is 0 Å². The van der Waals surface area contributed by atoms with E-state index in [1.165, 1.54) is 23.1 Å². The Bertz CT molecular complexity index is 1160. The first-order valence-corrected chi connectivity index (χ1v) is 11.6. The van der Waals surface area contributed by atoms with E-state index >= 15 is 0 Å². The third kappa shape index (κ3) is 4.70. The van der Waals surface area contributed by atoms with Crippen LogP contribution in [0.5, 0.6) is 11.5 Å². The molecule has 3 aromatic rings. The summed E-state index contributed by atoms with van der Waals surface area (Å²) in [5, 5.41) is 15.6. The number of hydrogen-bond donors (Lipinski definition) is 1. The molecule has 1 aliphatic rings. The van der Waals surface area contributed by atoms with Gasteiger partial charge in [-0.25, -0.2) is 9.48 Å². The van der Waals surface area contributed by atoms with Crippen LogP contribution in [0.2, 0.25) is 0 Å². The highest BCUT2D eigenvalue weighted by atomic mass is 32.2. The second-order valence-electron chi connectivity index (χ2n) is 6.85. The highest BCUT2D eigenvalue weighted by molar-refractivity contribution is 7.99. The second-order valence-corrected chi connectivity index (χ2v) is 9.02. The number of ether oxygens (including phenoxy) is 3. The van der Waals surface area contributed by atoms with Gasteiger partial charge in [0.25, 0.3) is 0 Å². The molecule has 3 heterocycles. The summed E-state index contributed by atoms with van der Waals surface area (Å²) in [5.41, 5.74) is 2.15. The minimum Gasteiger partial charge on any atom is -0.462 e. The molecular weight excluding hydrogens is 454 g/mol. The van der Waals surface area contributed by atoms with Gasteiger partial charge in [-0.05, 0) is 54.5 Å². The van der Waals surface area contributed by atoms with Crippen LogP contribution in [-0.2, 0) is 16.1 Å². The number of anilines is 1. The molecule has 1 amide bonds. The van der Waals surface area contributed by atoms with E-state index in [0.29, 0.717) is 33.8 Å². The molecule has 12 heteroatoms. The minimum absolute atomic E-state index is 0.0831. The van der Waals surface area contributed by atoms with E-state index in [0.717, 1.165) is 16.0 Å². The lowest BCUT2D eigenvalue weighted by molar-refractivity contribution is -0.113. The first kappa shape index (κ1) is 22.1. The van der Waals surface area contributed by atoms with E-state index in [1.807, 2.05) is 32.0 Å². The van der Waals surface area contributed by atoms with Crippen molar-refractivity contribution in [1.82, 2.24) is 20.2 Å². The number of rotatable bonds is 8. The molecule has 1 aromatic carbocycles. The molecule has 0 spiro atoms. The van der Waals surface area contributed by atoms with Gasteiger partial charge in [0.05, 0.1) is 24.5 Å². The van der Waals surface area contributed by atoms with Crippen LogP contribution in [-0.4, -0.2) is 51.2 Å². The van der Waals surface area contributed by atoms with E-state index in [-0.39, 0.29) is 25.1 Å². The number of esters is 1. The SMILES string of the molecule is CCOC(=O)c1c(NC(=O)CSc2nnnn2Cc2ccc3c(c2)OCO3)sc(C)c1C. The number of thioether (sulfide) groups is 1. The van der Waals surface area contributed by atoms with Crippen LogP contribution in [0.15, 0.2) is 23.4 Å². The largest absolute Gasteiger partial charge is 0.462 e. The van der Waals surface area contributed by atoms with Crippen molar-refractivity contribution in [2.24, 2.45) is 0 Å². The van der Waals surface area contributed by atoms with Crippen molar-refractivity contribution in [3.05, 3.63) is 39.8 Å². The highest BCUT2D eigenvalue weighted by Crippen LogP contribution is 2.34. The van der Waals surface area contributed by atoms with Gasteiger partial charge in [0.15, 0.2) is 11.5 Å². The number of hydrogen-bond acceptors (Lipinski definition) is 10. The molecular formula is C20H21N5O5S2. The molecule has 0 atom stereocenters. The first-order chi connectivity index (χ1) is 15.5. The molecule has 168 valence electrons. The number of benzene rings is 1. The number of nitrogens with zero attached hydrogens (tertiary/aromatic N) is 4. The molecule has 1 aliphatic heterocycles. The topological polar surface area (TPSA) is 117 Å². The Morgan fingerprint density at radius 2 is 2.09 bits per heavy atom. The standard InChI is InChI=1S/C20H21N5O5S2/c1-4-28-19(27)17-11(2)12(3)32-18(17)21-16(26)9-31-20-22-23-24-25(20)8-13-5-6-14-15(7-13)30-10-29-14/h5-7H,4,8-10H2,1-3H3,(H,21,26). The van der Waals surface area contributed by atoms with Gasteiger partial charge in [0, 0.05) is 4.88 Å². The first-order valence-electron chi connectivity index (χ1n) is 9.80. The van der Waals surface area contributed by atoms with Crippen LogP contribution in [0.25, 0.3) is 0 Å². The quantitative estimate of drug-likeness (QED) is 0.387. The van der Waals surface area contributed by atoms with E-state index in [1.54, 1.807) is 11.6 Å². The molecule has 2 aromatic heterocycles. The van der Waals surface area contributed by atoms with E-state index < -0.39 is 5.97 Å². The fourth-order valence-electron chi connectivity index (χ4n) is 3.07. The number of tetrazole rings is 1. The Kier molecular flexibility index (Phi) is 6.61. The van der Waals surface area contributed by atoms with Gasteiger partial charge < -0.3 is 19.5 Å². The number of nitrogens with one attached hydrogen (secondary N) is 1. The Morgan fingerprint density at radius 1 is 1.28 bits per heavy atom. The maximum atomic E-state index is 12.6. The Hall–Kier alpha value is -3.12. The summed E-state index contributed by atoms with van der Waals surface area (Å²) < 4.78 is 17.5. The van der Waals surface area contributed by atoms with E-state index in [2.05, 4.69) is 20.8 Å². The number of carbonyl (C=O) groups is 2. The maximum Gasteiger partial charge on any atom is 0.341 e. The Labute approximate surface area is 192 Å². The third-order valence-electron chi connectivity index (χ3n) is 4.72. The van der Waals surface area contributed by atoms with Crippen molar-refractivity contribution in [3.8, 4) is 11.5 Å². The number of thiophene rings is 1. The van der Waals surface area contributed by atoms with Crippen LogP contribution < -0.4 is 14.8 Å². The molecule has 0 saturated carbocycles. The van der Waals surface area contributed by atoms with E-state index in [4.69, 9.17) is 14.2 Å². The number of carbonyl (C=O) groups excluding carboxylic acids is 2. The van der Waals surface area contributed by atoms with Crippen molar-refractivity contribution in [2.45, 2.75) is 32.5 Å². The van der Waals surface area contributed by atoms with Gasteiger partial charge in [-0.15, -0.1) is 16.4 Å². The van der Waals surface area contributed by atoms with Gasteiger partial charge in [-0.2, -0.15) is 0 Å². The Balaban J connectivity index is 1.39. The summed E-state index contributed by atoms with van der Waals surface area (Å²) in [5.74, 6) is 0.769. The lowest BCUT2D eigenvalue weighted by Gasteiger charge is -2.08. The monoisotopic (exact) mass is 475 g/mol. The molecule has 10 nitrogen and oxygen atoms in total. The van der Waals surface area contributed by atoms with Crippen LogP contribution in [0.3, 0.4) is 0 Å². The molecule has 0 radical (unpaired) electrons. The summed E-state index contributed by atoms with van der Waals surface area (Å²) in [6.07, 6.45) is 0. The van der Waals surface area contributed by atoms with E-state index in [9.17, 15) is 9.59 Å². The van der Waals surface area contributed by atoms with Gasteiger partial charge in [-0.3, -0.25) is 4.79 Å². The van der Waals surface area contributed by atoms with Crippen molar-refractivity contribution in [1.29, 1.82) is 0 Å². The Morgan fingerprint density at radius 3 is 2.91 bits per heavy atom. The summed E-state index contributed by atoms with van der Waals surface area (Å²) in [6.45, 7) is 6.38. The lowest BCUT2D eigenvalue weighted by atomic mass is 10.1. The van der Waals surface area contributed by atoms with Crippen LogP contribution in [0.1, 0.15) is 33.3 Å². The van der Waals surface area contributed by atoms with Gasteiger partial charge in [-0.1, -0.05) is 17.8 Å². The average molecular weight is 476 g/mol. The second kappa shape index (κ2) is 9.57. The molecule has 0 aliphatic carbocycles. The van der Waals surface area contributed by atoms with Crippen molar-refractivity contribution >= 4 is 40.0 Å². The molecule has 1 N–H and O–H groups in total. The summed E-state index contributed by atoms with van der Waals surface area (Å²) in [7, 11) is 0. The maximum absolute atomic E-state index is 12.6. The number of aryl methyl sites for hydroxylation is 1. The average Bonchev–Trinajstić information content (AvgIpc) is 3.46. The fourth-order valence-corrected chi connectivity index (χ4v) is 4.81. The zero-order valence-electron chi connectivity index (χ0n) is 17.7. The predicted molar refractivity (Wildman–Crippen MR) is 119 cm³/mol. The van der Waals surface area contributed by atoms with Gasteiger partial charge in [0.2, 0.25) is 17.9 Å². The summed E-state index contributed by atoms with van der Waals surface area (Å²) >= 11 is 2.56. The minimum atomic E-state index is -0.440. The van der Waals surface area contributed by atoms with Gasteiger partial charge >= 0.3 is 5.97 Å². The zero-order chi connectivity index (χ0) is 22.7. The highest BCUT2D eigenvalue weighted by Gasteiger charge is 2.22. The number of aromatic nitrogens is 4. The van der Waals surface area contributed by atoms with Crippen molar-refractivity contribution < 1.29 is 23.8 Å². The van der Waals surface area contributed by atoms with Crippen molar-refractivity contribution in [2.75, 3.05) is 24.5 Å². The molecule has 4 rings (SSSR count). The van der Waals surface area contributed by atoms with Crippen LogP contribution >= 0.6 is 23.1 Å². The lowest BCUT2D eigenvalue weighted by Crippen LogP contribution is -2.17. The number of amides is 1. The van der Waals surface area contributed by atoms with Crippen LogP contribution in [0.4, 0.5) is 5.00 Å². The predicted octanol–water partition coefficient (Wildman–Crippen LogP) is 3.04. The molecule has 32 heavy (non-hydrogen) atoms. The number of fused-ring (bicyclic) bond motifs is 1. The van der Waals surface area contributed by atoms with Crippen LogP contribution in [0, 0.1) is 13.8 Å². The summed E-state index contributed by atoms with van der Waals surface area (Å²) in [4.78, 5) is 25.8. The molecule has 0 unspecified atom stereocenters. The molecule has 0 bridgehead atoms. The zero-order valence-corrected chi connectivity index (χ0v) is 19.3. The summed E-state index contributed by atoms with van der Waals surface area (Å²) in [6, 6.07) is 5.63. The fraction of sp³-hybridized carbons (Fsp3) is 0.350. The third-order valence-corrected chi connectivity index (χ3v) is 6.80. The van der Waals surface area contributed by atoms with Gasteiger partial charge in [0.1, 0.15) is 5.00 Å². The molecule has 0 saturated heterocycles. The normalized spacial score (nSPS) is 12.1.